The van der Waals surface area contributed by atoms with Crippen LogP contribution < -0.4 is 5.73 Å². The number of nitrogens with zero attached hydrogens (tertiary/aromatic N) is 2. The number of rotatable bonds is 4. The van der Waals surface area contributed by atoms with Crippen LogP contribution in [0.25, 0.3) is 22.4 Å². The van der Waals surface area contributed by atoms with Crippen LogP contribution in [-0.4, -0.2) is 15.4 Å². The third kappa shape index (κ3) is 3.12. The molecule has 0 atom stereocenters. The van der Waals surface area contributed by atoms with Crippen LogP contribution in [0.4, 0.5) is 17.6 Å². The number of amidine groups is 1. The highest BCUT2D eigenvalue weighted by atomic mass is 19.1. The number of fused-ring (bicyclic) bond motifs is 1. The third-order valence-electron chi connectivity index (χ3n) is 4.63. The van der Waals surface area contributed by atoms with Gasteiger partial charge in [0.25, 0.3) is 0 Å². The summed E-state index contributed by atoms with van der Waals surface area (Å²) in [4.78, 5) is 4.30. The third-order valence-corrected chi connectivity index (χ3v) is 4.63. The molecule has 4 nitrogen and oxygen atoms in total. The predicted molar refractivity (Wildman–Crippen MR) is 102 cm³/mol. The quantitative estimate of drug-likeness (QED) is 0.300. The largest absolute Gasteiger partial charge is 0.384 e. The first-order chi connectivity index (χ1) is 13.9. The molecule has 146 valence electrons. The fourth-order valence-electron chi connectivity index (χ4n) is 3.27. The fourth-order valence-corrected chi connectivity index (χ4v) is 3.27. The minimum Gasteiger partial charge on any atom is -0.384 e. The highest BCUT2D eigenvalue weighted by Crippen LogP contribution is 2.31. The molecular weight excluding hydrogens is 384 g/mol. The average molecular weight is 398 g/mol. The van der Waals surface area contributed by atoms with Crippen LogP contribution in [0.5, 0.6) is 0 Å². The van der Waals surface area contributed by atoms with Crippen molar-refractivity contribution in [3.63, 3.8) is 0 Å². The van der Waals surface area contributed by atoms with Crippen LogP contribution >= 0.6 is 0 Å². The molecule has 0 fully saturated rings. The molecule has 0 saturated heterocycles. The van der Waals surface area contributed by atoms with Crippen LogP contribution in [0.15, 0.2) is 54.6 Å². The normalized spacial score (nSPS) is 11.2. The van der Waals surface area contributed by atoms with E-state index in [1.54, 1.807) is 12.1 Å². The number of aromatic nitrogens is 2. The van der Waals surface area contributed by atoms with E-state index in [9.17, 15) is 17.6 Å². The molecule has 0 aliphatic heterocycles. The summed E-state index contributed by atoms with van der Waals surface area (Å²) in [6.45, 7) is -0.362. The molecule has 0 aliphatic carbocycles. The van der Waals surface area contributed by atoms with E-state index in [0.717, 1.165) is 24.3 Å². The van der Waals surface area contributed by atoms with Gasteiger partial charge >= 0.3 is 0 Å². The molecule has 0 radical (unpaired) electrons. The molecule has 0 amide bonds. The summed E-state index contributed by atoms with van der Waals surface area (Å²) in [6.07, 6.45) is 0. The van der Waals surface area contributed by atoms with Gasteiger partial charge in [-0.15, -0.1) is 0 Å². The number of benzene rings is 3. The smallest absolute Gasteiger partial charge is 0.147 e. The zero-order chi connectivity index (χ0) is 20.7. The van der Waals surface area contributed by atoms with E-state index in [1.807, 2.05) is 0 Å². The number of hydrogen-bond acceptors (Lipinski definition) is 2. The molecule has 1 heterocycles. The van der Waals surface area contributed by atoms with Gasteiger partial charge in [-0.25, -0.2) is 22.5 Å². The van der Waals surface area contributed by atoms with E-state index in [0.29, 0.717) is 5.52 Å². The second-order valence-corrected chi connectivity index (χ2v) is 6.41. The first kappa shape index (κ1) is 18.7. The maximum absolute atomic E-state index is 14.5. The summed E-state index contributed by atoms with van der Waals surface area (Å²) in [5.74, 6) is -3.80. The Bertz CT molecular complexity index is 1220. The van der Waals surface area contributed by atoms with Gasteiger partial charge in [0.05, 0.1) is 17.6 Å². The highest BCUT2D eigenvalue weighted by Gasteiger charge is 2.23. The second-order valence-electron chi connectivity index (χ2n) is 6.41. The molecule has 3 N–H and O–H groups in total. The number of nitrogens with one attached hydrogen (secondary N) is 1. The molecule has 0 bridgehead atoms. The monoisotopic (exact) mass is 398 g/mol. The molecule has 0 spiro atoms. The van der Waals surface area contributed by atoms with Crippen molar-refractivity contribution in [3.05, 3.63) is 89.0 Å². The molecular formula is C21H14F4N4. The maximum atomic E-state index is 14.5. The van der Waals surface area contributed by atoms with Crippen molar-refractivity contribution in [3.8, 4) is 11.4 Å². The topological polar surface area (TPSA) is 67.7 Å². The van der Waals surface area contributed by atoms with E-state index in [-0.39, 0.29) is 34.8 Å². The lowest BCUT2D eigenvalue weighted by molar-refractivity contribution is 0.546. The van der Waals surface area contributed by atoms with Gasteiger partial charge in [-0.3, -0.25) is 5.41 Å². The van der Waals surface area contributed by atoms with Crippen LogP contribution in [0.1, 0.15) is 11.1 Å². The summed E-state index contributed by atoms with van der Waals surface area (Å²) < 4.78 is 58.8. The Morgan fingerprint density at radius 2 is 1.41 bits per heavy atom. The average Bonchev–Trinajstić information content (AvgIpc) is 3.02. The predicted octanol–water partition coefficient (Wildman–Crippen LogP) is 4.59. The van der Waals surface area contributed by atoms with Crippen molar-refractivity contribution in [2.24, 2.45) is 5.73 Å². The number of nitrogen functional groups attached to an aromatic ring is 1. The zero-order valence-corrected chi connectivity index (χ0v) is 14.9. The highest BCUT2D eigenvalue weighted by molar-refractivity contribution is 6.06. The van der Waals surface area contributed by atoms with Crippen molar-refractivity contribution in [1.29, 1.82) is 5.41 Å². The maximum Gasteiger partial charge on any atom is 0.147 e. The van der Waals surface area contributed by atoms with Crippen molar-refractivity contribution >= 4 is 16.9 Å². The van der Waals surface area contributed by atoms with E-state index >= 15 is 0 Å². The Hall–Kier alpha value is -3.68. The van der Waals surface area contributed by atoms with Crippen molar-refractivity contribution < 1.29 is 17.6 Å². The fraction of sp³-hybridized carbons (Fsp3) is 0.0476. The van der Waals surface area contributed by atoms with Crippen LogP contribution in [0.2, 0.25) is 0 Å². The molecule has 0 aliphatic rings. The lowest BCUT2D eigenvalue weighted by atomic mass is 10.1. The number of imidazole rings is 1. The summed E-state index contributed by atoms with van der Waals surface area (Å²) in [6, 6.07) is 11.5. The standard InChI is InChI=1S/C21H14F4N4/c22-13-5-2-6-14(23)12(13)10-29-17-9-1-4-11(20(26)27)19(17)28-21(29)18-15(24)7-3-8-16(18)25/h1-9H,10H2,(H3,26,27). The molecule has 0 saturated carbocycles. The summed E-state index contributed by atoms with van der Waals surface area (Å²) in [7, 11) is 0. The molecule has 0 unspecified atom stereocenters. The summed E-state index contributed by atoms with van der Waals surface area (Å²) in [5, 5.41) is 7.74. The Morgan fingerprint density at radius 1 is 0.862 bits per heavy atom. The van der Waals surface area contributed by atoms with Gasteiger partial charge in [-0.05, 0) is 36.4 Å². The van der Waals surface area contributed by atoms with Gasteiger partial charge < -0.3 is 10.3 Å². The van der Waals surface area contributed by atoms with Crippen molar-refractivity contribution in [2.75, 3.05) is 0 Å². The number of para-hydroxylation sites is 1. The Balaban J connectivity index is 2.06. The van der Waals surface area contributed by atoms with Gasteiger partial charge in [0.1, 0.15) is 40.4 Å². The van der Waals surface area contributed by atoms with E-state index in [2.05, 4.69) is 4.98 Å². The van der Waals surface area contributed by atoms with Crippen LogP contribution in [0.3, 0.4) is 0 Å². The number of halogens is 4. The Morgan fingerprint density at radius 3 is 2.00 bits per heavy atom. The van der Waals surface area contributed by atoms with Gasteiger partial charge in [0, 0.05) is 11.1 Å². The second kappa shape index (κ2) is 7.05. The zero-order valence-electron chi connectivity index (χ0n) is 14.9. The molecule has 3 aromatic carbocycles. The Labute approximate surface area is 162 Å². The summed E-state index contributed by atoms with van der Waals surface area (Å²) in [5.41, 5.74) is 5.67. The number of nitrogens with two attached hydrogens (primary N) is 1. The lowest BCUT2D eigenvalue weighted by Crippen LogP contribution is -2.11. The molecule has 4 rings (SSSR count). The van der Waals surface area contributed by atoms with Gasteiger partial charge in [0.2, 0.25) is 0 Å². The van der Waals surface area contributed by atoms with Crippen molar-refractivity contribution in [1.82, 2.24) is 9.55 Å². The lowest BCUT2D eigenvalue weighted by Gasteiger charge is -2.12. The van der Waals surface area contributed by atoms with E-state index in [1.165, 1.54) is 22.8 Å². The van der Waals surface area contributed by atoms with Crippen LogP contribution in [-0.2, 0) is 6.54 Å². The molecule has 29 heavy (non-hydrogen) atoms. The minimum absolute atomic E-state index is 0.160. The van der Waals surface area contributed by atoms with Gasteiger partial charge in [0.15, 0.2) is 0 Å². The van der Waals surface area contributed by atoms with Gasteiger partial charge in [-0.1, -0.05) is 18.2 Å². The first-order valence-electron chi connectivity index (χ1n) is 8.59. The van der Waals surface area contributed by atoms with Crippen LogP contribution in [0, 0.1) is 28.7 Å². The molecule has 4 aromatic rings. The SMILES string of the molecule is N=C(N)c1cccc2c1nc(-c1c(F)cccc1F)n2Cc1c(F)cccc1F. The van der Waals surface area contributed by atoms with Gasteiger partial charge in [-0.2, -0.15) is 0 Å². The van der Waals surface area contributed by atoms with E-state index < -0.39 is 28.8 Å². The number of hydrogen-bond donors (Lipinski definition) is 2. The minimum atomic E-state index is -0.875. The molecule has 8 heteroatoms. The first-order valence-corrected chi connectivity index (χ1v) is 8.59. The van der Waals surface area contributed by atoms with E-state index in [4.69, 9.17) is 11.1 Å². The molecule has 1 aromatic heterocycles. The summed E-state index contributed by atoms with van der Waals surface area (Å²) >= 11 is 0. The Kier molecular flexibility index (Phi) is 4.54. The van der Waals surface area contributed by atoms with Crippen molar-refractivity contribution in [2.45, 2.75) is 6.54 Å².